The standard InChI is InChI=1S/C21H26N6O2/c1-12-22-17-10-27(9-16(17)20(29)25-12)19-15-5-7-21(18(15)23-13(2)24-19)6-4-8-26(11-21)14(3)28/h4-11H2,1-3H3,(H,22,25,29). The van der Waals surface area contributed by atoms with Gasteiger partial charge in [0.05, 0.1) is 30.0 Å². The zero-order valence-corrected chi connectivity index (χ0v) is 17.2. The molecule has 8 heteroatoms. The highest BCUT2D eigenvalue weighted by molar-refractivity contribution is 5.73. The van der Waals surface area contributed by atoms with E-state index in [2.05, 4.69) is 14.9 Å². The fraction of sp³-hybridized carbons (Fsp3) is 0.571. The van der Waals surface area contributed by atoms with Crippen LogP contribution in [0.4, 0.5) is 5.82 Å². The van der Waals surface area contributed by atoms with Crippen LogP contribution in [0.5, 0.6) is 0 Å². The lowest BCUT2D eigenvalue weighted by molar-refractivity contribution is -0.131. The van der Waals surface area contributed by atoms with Gasteiger partial charge in [-0.05, 0) is 39.5 Å². The summed E-state index contributed by atoms with van der Waals surface area (Å²) >= 11 is 0. The van der Waals surface area contributed by atoms with Crippen LogP contribution in [0.1, 0.15) is 60.3 Å². The molecule has 0 radical (unpaired) electrons. The Bertz CT molecular complexity index is 1080. The number of hydrogen-bond acceptors (Lipinski definition) is 6. The third-order valence-corrected chi connectivity index (χ3v) is 6.68. The normalized spacial score (nSPS) is 22.9. The lowest BCUT2D eigenvalue weighted by Crippen LogP contribution is -2.47. The summed E-state index contributed by atoms with van der Waals surface area (Å²) in [6.07, 6.45) is 3.97. The zero-order chi connectivity index (χ0) is 20.3. The molecule has 4 heterocycles. The Labute approximate surface area is 169 Å². The van der Waals surface area contributed by atoms with Gasteiger partial charge in [-0.1, -0.05) is 0 Å². The third-order valence-electron chi connectivity index (χ3n) is 6.68. The molecule has 0 bridgehead atoms. The Morgan fingerprint density at radius 1 is 1.10 bits per heavy atom. The number of anilines is 1. The zero-order valence-electron chi connectivity index (χ0n) is 17.2. The van der Waals surface area contributed by atoms with E-state index in [4.69, 9.17) is 9.97 Å². The van der Waals surface area contributed by atoms with Crippen LogP contribution in [-0.4, -0.2) is 43.8 Å². The molecular weight excluding hydrogens is 368 g/mol. The summed E-state index contributed by atoms with van der Waals surface area (Å²) in [5.41, 5.74) is 3.74. The second-order valence-corrected chi connectivity index (χ2v) is 8.68. The molecule has 1 amide bonds. The Morgan fingerprint density at radius 2 is 1.93 bits per heavy atom. The second-order valence-electron chi connectivity index (χ2n) is 8.68. The van der Waals surface area contributed by atoms with Crippen molar-refractivity contribution in [1.29, 1.82) is 0 Å². The van der Waals surface area contributed by atoms with Crippen molar-refractivity contribution < 1.29 is 4.79 Å². The number of nitrogens with one attached hydrogen (secondary N) is 1. The molecule has 0 saturated carbocycles. The largest absolute Gasteiger partial charge is 0.346 e. The van der Waals surface area contributed by atoms with Gasteiger partial charge in [0.2, 0.25) is 5.91 Å². The molecule has 1 aliphatic carbocycles. The van der Waals surface area contributed by atoms with Crippen LogP contribution in [0.3, 0.4) is 0 Å². The van der Waals surface area contributed by atoms with Crippen LogP contribution in [-0.2, 0) is 29.7 Å². The van der Waals surface area contributed by atoms with Crippen LogP contribution in [0.15, 0.2) is 4.79 Å². The van der Waals surface area contributed by atoms with Crippen molar-refractivity contribution in [2.24, 2.45) is 0 Å². The maximum atomic E-state index is 12.4. The van der Waals surface area contributed by atoms with Gasteiger partial charge in [0, 0.05) is 31.0 Å². The van der Waals surface area contributed by atoms with Crippen molar-refractivity contribution >= 4 is 11.7 Å². The highest BCUT2D eigenvalue weighted by Crippen LogP contribution is 2.47. The number of aryl methyl sites for hydroxylation is 2. The van der Waals surface area contributed by atoms with Crippen LogP contribution in [0.25, 0.3) is 0 Å². The summed E-state index contributed by atoms with van der Waals surface area (Å²) in [7, 11) is 0. The van der Waals surface area contributed by atoms with Gasteiger partial charge >= 0.3 is 0 Å². The van der Waals surface area contributed by atoms with E-state index in [0.29, 0.717) is 18.9 Å². The predicted molar refractivity (Wildman–Crippen MR) is 108 cm³/mol. The number of aromatic nitrogens is 4. The number of H-pyrrole nitrogens is 1. The van der Waals surface area contributed by atoms with Crippen molar-refractivity contribution in [2.45, 2.75) is 65.0 Å². The van der Waals surface area contributed by atoms with E-state index in [1.54, 1.807) is 6.92 Å². The van der Waals surface area contributed by atoms with Gasteiger partial charge in [0.25, 0.3) is 5.56 Å². The second kappa shape index (κ2) is 6.37. The quantitative estimate of drug-likeness (QED) is 0.788. The minimum atomic E-state index is -0.0689. The smallest absolute Gasteiger partial charge is 0.256 e. The van der Waals surface area contributed by atoms with E-state index in [9.17, 15) is 9.59 Å². The van der Waals surface area contributed by atoms with Gasteiger partial charge in [-0.25, -0.2) is 15.0 Å². The molecule has 0 aromatic carbocycles. The van der Waals surface area contributed by atoms with E-state index in [-0.39, 0.29) is 16.9 Å². The van der Waals surface area contributed by atoms with Crippen LogP contribution >= 0.6 is 0 Å². The molecule has 5 rings (SSSR count). The monoisotopic (exact) mass is 394 g/mol. The number of hydrogen-bond donors (Lipinski definition) is 1. The first-order chi connectivity index (χ1) is 13.9. The van der Waals surface area contributed by atoms with E-state index in [0.717, 1.165) is 67.4 Å². The lowest BCUT2D eigenvalue weighted by Gasteiger charge is -2.40. The molecule has 29 heavy (non-hydrogen) atoms. The van der Waals surface area contributed by atoms with Gasteiger partial charge in [0.1, 0.15) is 17.5 Å². The molecule has 3 aliphatic rings. The molecule has 1 N–H and O–H groups in total. The van der Waals surface area contributed by atoms with Crippen LogP contribution < -0.4 is 10.5 Å². The topological polar surface area (TPSA) is 95.1 Å². The molecule has 8 nitrogen and oxygen atoms in total. The summed E-state index contributed by atoms with van der Waals surface area (Å²) in [6.45, 7) is 8.08. The van der Waals surface area contributed by atoms with Crippen molar-refractivity contribution in [3.63, 3.8) is 0 Å². The molecule has 1 unspecified atom stereocenters. The molecule has 152 valence electrons. The van der Waals surface area contributed by atoms with Gasteiger partial charge < -0.3 is 14.8 Å². The summed E-state index contributed by atoms with van der Waals surface area (Å²) in [6, 6.07) is 0. The number of carbonyl (C=O) groups is 1. The SMILES string of the molecule is CC(=O)N1CCCC2(CCc3c(N4Cc5nc(C)[nH]c(=O)c5C4)nc(C)nc32)C1. The summed E-state index contributed by atoms with van der Waals surface area (Å²) in [5, 5.41) is 0. The molecule has 1 spiro atoms. The highest BCUT2D eigenvalue weighted by Gasteiger charge is 2.46. The van der Waals surface area contributed by atoms with Crippen molar-refractivity contribution in [1.82, 2.24) is 24.8 Å². The third kappa shape index (κ3) is 2.84. The van der Waals surface area contributed by atoms with E-state index >= 15 is 0 Å². The highest BCUT2D eigenvalue weighted by atomic mass is 16.2. The van der Waals surface area contributed by atoms with E-state index in [1.807, 2.05) is 18.7 Å². The summed E-state index contributed by atoms with van der Waals surface area (Å²) in [5.74, 6) is 2.46. The minimum absolute atomic E-state index is 0.0572. The van der Waals surface area contributed by atoms with Gasteiger partial charge in [-0.15, -0.1) is 0 Å². The van der Waals surface area contributed by atoms with Crippen molar-refractivity contribution in [3.05, 3.63) is 44.5 Å². The summed E-state index contributed by atoms with van der Waals surface area (Å²) in [4.78, 5) is 45.5. The molecule has 2 aromatic heterocycles. The first-order valence-electron chi connectivity index (χ1n) is 10.3. The van der Waals surface area contributed by atoms with Gasteiger partial charge in [-0.2, -0.15) is 0 Å². The number of aromatic amines is 1. The van der Waals surface area contributed by atoms with Crippen molar-refractivity contribution in [2.75, 3.05) is 18.0 Å². The van der Waals surface area contributed by atoms with E-state index in [1.165, 1.54) is 5.56 Å². The van der Waals surface area contributed by atoms with Crippen molar-refractivity contribution in [3.8, 4) is 0 Å². The average molecular weight is 394 g/mol. The molecule has 1 fully saturated rings. The Hall–Kier alpha value is -2.77. The number of nitrogens with zero attached hydrogens (tertiary/aromatic N) is 5. The Morgan fingerprint density at radius 3 is 2.72 bits per heavy atom. The Balaban J connectivity index is 1.54. The number of rotatable bonds is 1. The number of amides is 1. The minimum Gasteiger partial charge on any atom is -0.346 e. The first-order valence-corrected chi connectivity index (χ1v) is 10.3. The van der Waals surface area contributed by atoms with Crippen LogP contribution in [0, 0.1) is 13.8 Å². The fourth-order valence-corrected chi connectivity index (χ4v) is 5.33. The Kier molecular flexibility index (Phi) is 4.01. The van der Waals surface area contributed by atoms with E-state index < -0.39 is 0 Å². The summed E-state index contributed by atoms with van der Waals surface area (Å²) < 4.78 is 0. The van der Waals surface area contributed by atoms with Gasteiger partial charge in [0.15, 0.2) is 0 Å². The number of fused-ring (bicyclic) bond motifs is 3. The number of likely N-dealkylation sites (tertiary alicyclic amines) is 1. The number of carbonyl (C=O) groups excluding carboxylic acids is 1. The maximum absolute atomic E-state index is 12.4. The first kappa shape index (κ1) is 18.3. The maximum Gasteiger partial charge on any atom is 0.256 e. The number of piperidine rings is 1. The molecule has 1 saturated heterocycles. The predicted octanol–water partition coefficient (Wildman–Crippen LogP) is 1.52. The molecular formula is C21H26N6O2. The fourth-order valence-electron chi connectivity index (χ4n) is 5.33. The lowest BCUT2D eigenvalue weighted by atomic mass is 9.77. The molecule has 2 aliphatic heterocycles. The molecule has 2 aromatic rings. The van der Waals surface area contributed by atoms with Crippen LogP contribution in [0.2, 0.25) is 0 Å². The average Bonchev–Trinajstić information content (AvgIpc) is 3.24. The molecule has 1 atom stereocenters. The van der Waals surface area contributed by atoms with Gasteiger partial charge in [-0.3, -0.25) is 9.59 Å².